The fourth-order valence-corrected chi connectivity index (χ4v) is 2.72. The van der Waals surface area contributed by atoms with Gasteiger partial charge in [-0.25, -0.2) is 9.97 Å². The first-order valence-corrected chi connectivity index (χ1v) is 8.18. The highest BCUT2D eigenvalue weighted by molar-refractivity contribution is 7.13. The molecule has 0 aliphatic rings. The molecule has 8 nitrogen and oxygen atoms in total. The Balaban J connectivity index is 1.75. The number of carbonyl (C=O) groups excluding carboxylic acids is 1. The van der Waals surface area contributed by atoms with Crippen LogP contribution in [0.2, 0.25) is 0 Å². The molecule has 25 heavy (non-hydrogen) atoms. The maximum Gasteiger partial charge on any atom is 0.271 e. The second kappa shape index (κ2) is 6.81. The number of anilines is 1. The summed E-state index contributed by atoms with van der Waals surface area (Å²) in [6.07, 6.45) is 0. The number of nitrogens with zero attached hydrogens (tertiary/aromatic N) is 2. The van der Waals surface area contributed by atoms with Gasteiger partial charge in [0.2, 0.25) is 5.89 Å². The molecule has 0 atom stereocenters. The van der Waals surface area contributed by atoms with Gasteiger partial charge in [0.05, 0.1) is 13.7 Å². The van der Waals surface area contributed by atoms with Crippen LogP contribution in [0.25, 0.3) is 11.5 Å². The van der Waals surface area contributed by atoms with Crippen molar-refractivity contribution in [1.82, 2.24) is 15.3 Å². The predicted octanol–water partition coefficient (Wildman–Crippen LogP) is 2.33. The Hall–Kier alpha value is -3.07. The van der Waals surface area contributed by atoms with Crippen LogP contribution in [0.1, 0.15) is 21.9 Å². The molecule has 0 aliphatic carbocycles. The molecular formula is C16H16N4O4S. The molecule has 9 heteroatoms. The zero-order valence-corrected chi connectivity index (χ0v) is 14.4. The van der Waals surface area contributed by atoms with Crippen LogP contribution in [0.3, 0.4) is 0 Å². The highest BCUT2D eigenvalue weighted by Crippen LogP contribution is 2.31. The summed E-state index contributed by atoms with van der Waals surface area (Å²) in [6, 6.07) is 4.80. The van der Waals surface area contributed by atoms with E-state index in [1.165, 1.54) is 24.5 Å². The number of rotatable bonds is 5. The molecule has 3 rings (SSSR count). The molecule has 0 unspecified atom stereocenters. The molecule has 0 saturated carbocycles. The third-order valence-corrected chi connectivity index (χ3v) is 4.16. The molecule has 0 fully saturated rings. The number of phenolic OH excluding ortho intramolecular Hbond substituents is 1. The molecule has 0 aliphatic heterocycles. The summed E-state index contributed by atoms with van der Waals surface area (Å²) in [6.45, 7) is 1.96. The van der Waals surface area contributed by atoms with Crippen molar-refractivity contribution >= 4 is 22.4 Å². The number of oxazole rings is 1. The Kier molecular flexibility index (Phi) is 4.57. The standard InChI is InChI=1S/C16H16N4O4S/c1-8-10(6-18-14(22)11-7-25-16(17)20-11)19-15(24-8)9-3-4-12(21)13(5-9)23-2/h3-5,7,21H,6H2,1-2H3,(H2,17,20)(H,18,22). The fraction of sp³-hybridized carbons (Fsp3) is 0.188. The Labute approximate surface area is 147 Å². The van der Waals surface area contributed by atoms with E-state index in [0.717, 1.165) is 0 Å². The number of aromatic hydroxyl groups is 1. The fourth-order valence-electron chi connectivity index (χ4n) is 2.17. The van der Waals surface area contributed by atoms with E-state index in [0.29, 0.717) is 33.8 Å². The monoisotopic (exact) mass is 360 g/mol. The van der Waals surface area contributed by atoms with Gasteiger partial charge in [-0.3, -0.25) is 4.79 Å². The van der Waals surface area contributed by atoms with Crippen LogP contribution < -0.4 is 15.8 Å². The SMILES string of the molecule is COc1cc(-c2nc(CNC(=O)c3csc(N)n3)c(C)o2)ccc1O. The van der Waals surface area contributed by atoms with E-state index in [-0.39, 0.29) is 23.9 Å². The number of aromatic nitrogens is 2. The van der Waals surface area contributed by atoms with Crippen molar-refractivity contribution in [3.05, 3.63) is 40.7 Å². The zero-order valence-electron chi connectivity index (χ0n) is 13.6. The summed E-state index contributed by atoms with van der Waals surface area (Å²) in [4.78, 5) is 20.3. The number of ether oxygens (including phenoxy) is 1. The maximum atomic E-state index is 12.0. The van der Waals surface area contributed by atoms with Crippen molar-refractivity contribution < 1.29 is 19.1 Å². The smallest absolute Gasteiger partial charge is 0.271 e. The van der Waals surface area contributed by atoms with Crippen molar-refractivity contribution in [3.8, 4) is 23.0 Å². The number of phenols is 1. The Bertz CT molecular complexity index is 919. The third-order valence-electron chi connectivity index (χ3n) is 3.49. The Morgan fingerprint density at radius 3 is 2.92 bits per heavy atom. The normalized spacial score (nSPS) is 10.6. The number of aryl methyl sites for hydroxylation is 1. The summed E-state index contributed by atoms with van der Waals surface area (Å²) in [5.74, 6) is 0.982. The van der Waals surface area contributed by atoms with Crippen molar-refractivity contribution in [2.45, 2.75) is 13.5 Å². The molecule has 0 radical (unpaired) electrons. The molecule has 1 amide bonds. The maximum absolute atomic E-state index is 12.0. The average molecular weight is 360 g/mol. The van der Waals surface area contributed by atoms with Gasteiger partial charge in [-0.1, -0.05) is 0 Å². The van der Waals surface area contributed by atoms with Gasteiger partial charge >= 0.3 is 0 Å². The van der Waals surface area contributed by atoms with Crippen LogP contribution in [0, 0.1) is 6.92 Å². The molecule has 1 aromatic carbocycles. The predicted molar refractivity (Wildman–Crippen MR) is 92.6 cm³/mol. The van der Waals surface area contributed by atoms with Crippen molar-refractivity contribution in [1.29, 1.82) is 0 Å². The van der Waals surface area contributed by atoms with Gasteiger partial charge in [0.15, 0.2) is 16.6 Å². The van der Waals surface area contributed by atoms with Crippen LogP contribution in [0.4, 0.5) is 5.13 Å². The number of amides is 1. The lowest BCUT2D eigenvalue weighted by Crippen LogP contribution is -2.23. The van der Waals surface area contributed by atoms with Gasteiger partial charge in [0.25, 0.3) is 5.91 Å². The minimum absolute atomic E-state index is 0.0320. The number of hydrogen-bond donors (Lipinski definition) is 3. The minimum Gasteiger partial charge on any atom is -0.504 e. The Morgan fingerprint density at radius 1 is 1.44 bits per heavy atom. The molecule has 0 spiro atoms. The lowest BCUT2D eigenvalue weighted by atomic mass is 10.2. The van der Waals surface area contributed by atoms with E-state index in [2.05, 4.69) is 15.3 Å². The lowest BCUT2D eigenvalue weighted by Gasteiger charge is -2.03. The quantitative estimate of drug-likeness (QED) is 0.638. The van der Waals surface area contributed by atoms with E-state index in [4.69, 9.17) is 14.9 Å². The minimum atomic E-state index is -0.330. The largest absolute Gasteiger partial charge is 0.504 e. The molecule has 3 aromatic rings. The van der Waals surface area contributed by atoms with Gasteiger partial charge < -0.3 is 25.3 Å². The number of nitrogens with two attached hydrogens (primary N) is 1. The number of methoxy groups -OCH3 is 1. The molecular weight excluding hydrogens is 344 g/mol. The number of nitrogens with one attached hydrogen (secondary N) is 1. The molecule has 0 bridgehead atoms. The highest BCUT2D eigenvalue weighted by atomic mass is 32.1. The zero-order chi connectivity index (χ0) is 18.0. The third kappa shape index (κ3) is 3.56. The van der Waals surface area contributed by atoms with E-state index < -0.39 is 0 Å². The topological polar surface area (TPSA) is 124 Å². The number of benzene rings is 1. The van der Waals surface area contributed by atoms with E-state index >= 15 is 0 Å². The van der Waals surface area contributed by atoms with Crippen LogP contribution in [0.5, 0.6) is 11.5 Å². The average Bonchev–Trinajstić information content (AvgIpc) is 3.19. The van der Waals surface area contributed by atoms with Gasteiger partial charge in [0.1, 0.15) is 17.1 Å². The second-order valence-corrected chi connectivity index (χ2v) is 6.05. The van der Waals surface area contributed by atoms with Crippen LogP contribution in [0.15, 0.2) is 28.0 Å². The first-order chi connectivity index (χ1) is 12.0. The second-order valence-electron chi connectivity index (χ2n) is 5.16. The number of hydrogen-bond acceptors (Lipinski definition) is 8. The summed E-state index contributed by atoms with van der Waals surface area (Å²) >= 11 is 1.20. The molecule has 4 N–H and O–H groups in total. The van der Waals surface area contributed by atoms with Crippen molar-refractivity contribution in [3.63, 3.8) is 0 Å². The lowest BCUT2D eigenvalue weighted by molar-refractivity contribution is 0.0946. The van der Waals surface area contributed by atoms with Gasteiger partial charge in [-0.2, -0.15) is 0 Å². The van der Waals surface area contributed by atoms with Gasteiger partial charge in [-0.05, 0) is 25.1 Å². The van der Waals surface area contributed by atoms with E-state index in [1.54, 1.807) is 24.4 Å². The number of thiazole rings is 1. The van der Waals surface area contributed by atoms with E-state index in [1.807, 2.05) is 0 Å². The first-order valence-electron chi connectivity index (χ1n) is 7.31. The summed E-state index contributed by atoms with van der Waals surface area (Å²) in [7, 11) is 1.46. The number of nitrogen functional groups attached to an aromatic ring is 1. The van der Waals surface area contributed by atoms with Gasteiger partial charge in [0, 0.05) is 10.9 Å². The summed E-state index contributed by atoms with van der Waals surface area (Å²) < 4.78 is 10.7. The molecule has 2 aromatic heterocycles. The van der Waals surface area contributed by atoms with Crippen LogP contribution in [-0.2, 0) is 6.54 Å². The molecule has 0 saturated heterocycles. The van der Waals surface area contributed by atoms with Gasteiger partial charge in [-0.15, -0.1) is 11.3 Å². The molecule has 2 heterocycles. The van der Waals surface area contributed by atoms with Crippen LogP contribution in [-0.4, -0.2) is 28.1 Å². The molecule has 130 valence electrons. The van der Waals surface area contributed by atoms with Crippen LogP contribution >= 0.6 is 11.3 Å². The highest BCUT2D eigenvalue weighted by Gasteiger charge is 2.15. The van der Waals surface area contributed by atoms with E-state index in [9.17, 15) is 9.90 Å². The first kappa shape index (κ1) is 16.8. The number of carbonyl (C=O) groups is 1. The summed E-state index contributed by atoms with van der Waals surface area (Å²) in [5.41, 5.74) is 7.04. The van der Waals surface area contributed by atoms with Crippen molar-refractivity contribution in [2.24, 2.45) is 0 Å². The van der Waals surface area contributed by atoms with Crippen molar-refractivity contribution in [2.75, 3.05) is 12.8 Å². The summed E-state index contributed by atoms with van der Waals surface area (Å²) in [5, 5.41) is 14.3. The Morgan fingerprint density at radius 2 is 2.24 bits per heavy atom.